The van der Waals surface area contributed by atoms with Gasteiger partial charge in [-0.1, -0.05) is 18.2 Å². The average Bonchev–Trinajstić information content (AvgIpc) is 2.65. The largest absolute Gasteiger partial charge is 0.348 e. The Morgan fingerprint density at radius 2 is 1.72 bits per heavy atom. The van der Waals surface area contributed by atoms with Crippen LogP contribution in [0.3, 0.4) is 0 Å². The summed E-state index contributed by atoms with van der Waals surface area (Å²) in [5, 5.41) is 13.5. The number of hydrogen-bond donors (Lipinski definition) is 1. The van der Waals surface area contributed by atoms with Crippen molar-refractivity contribution in [1.82, 2.24) is 9.62 Å². The van der Waals surface area contributed by atoms with E-state index in [4.69, 9.17) is 0 Å². The van der Waals surface area contributed by atoms with Gasteiger partial charge in [0.2, 0.25) is 10.0 Å². The molecule has 0 saturated heterocycles. The Morgan fingerprint density at radius 1 is 1.10 bits per heavy atom. The molecule has 0 aromatic heterocycles. The molecule has 2 aromatic rings. The first-order valence-electron chi connectivity index (χ1n) is 8.12. The molecule has 1 amide bonds. The van der Waals surface area contributed by atoms with Crippen LogP contribution in [0.25, 0.3) is 0 Å². The molecule has 0 aliphatic rings. The number of amides is 1. The molecule has 0 aliphatic carbocycles. The van der Waals surface area contributed by atoms with Gasteiger partial charge in [0, 0.05) is 44.6 Å². The second-order valence-corrected chi connectivity index (χ2v) is 10.5. The topological polar surface area (TPSA) is 144 Å². The standard InChI is InChI=1S/C17H19N3O7S2/c1-19(2)29(26,27)16-7-5-4-6-12(16)11-18-17(21)13-8-14(20(22)23)10-15(9-13)28(3,24)25/h4-10H,11H2,1-3H3,(H,18,21). The fourth-order valence-electron chi connectivity index (χ4n) is 2.41. The Morgan fingerprint density at radius 3 is 2.28 bits per heavy atom. The summed E-state index contributed by atoms with van der Waals surface area (Å²) in [4.78, 5) is 22.4. The number of nitrogens with one attached hydrogen (secondary N) is 1. The maximum Gasteiger partial charge on any atom is 0.271 e. The molecule has 2 aromatic carbocycles. The molecule has 10 nitrogen and oxygen atoms in total. The lowest BCUT2D eigenvalue weighted by molar-refractivity contribution is -0.385. The number of benzene rings is 2. The predicted octanol–water partition coefficient (Wildman–Crippen LogP) is 1.18. The first-order chi connectivity index (χ1) is 13.3. The van der Waals surface area contributed by atoms with Crippen molar-refractivity contribution in [2.24, 2.45) is 0 Å². The molecule has 0 unspecified atom stereocenters. The highest BCUT2D eigenvalue weighted by Gasteiger charge is 2.22. The minimum atomic E-state index is -3.79. The van der Waals surface area contributed by atoms with Crippen LogP contribution in [-0.4, -0.2) is 52.3 Å². The smallest absolute Gasteiger partial charge is 0.271 e. The van der Waals surface area contributed by atoms with Crippen LogP contribution in [0.4, 0.5) is 5.69 Å². The van der Waals surface area contributed by atoms with E-state index in [9.17, 15) is 31.7 Å². The Hall–Kier alpha value is -2.83. The molecule has 0 bridgehead atoms. The van der Waals surface area contributed by atoms with Gasteiger partial charge in [0.1, 0.15) is 0 Å². The first kappa shape index (κ1) is 22.5. The lowest BCUT2D eigenvalue weighted by Crippen LogP contribution is -2.27. The number of non-ortho nitro benzene ring substituents is 1. The number of hydrogen-bond acceptors (Lipinski definition) is 7. The van der Waals surface area contributed by atoms with Crippen LogP contribution < -0.4 is 5.32 Å². The molecule has 1 N–H and O–H groups in total. The molecule has 156 valence electrons. The van der Waals surface area contributed by atoms with Crippen LogP contribution in [0, 0.1) is 10.1 Å². The number of carbonyl (C=O) groups is 1. The number of sulfonamides is 1. The highest BCUT2D eigenvalue weighted by molar-refractivity contribution is 7.90. The Balaban J connectivity index is 2.36. The van der Waals surface area contributed by atoms with E-state index >= 15 is 0 Å². The monoisotopic (exact) mass is 441 g/mol. The number of carbonyl (C=O) groups excluding carboxylic acids is 1. The van der Waals surface area contributed by atoms with Gasteiger partial charge < -0.3 is 5.32 Å². The molecule has 29 heavy (non-hydrogen) atoms. The van der Waals surface area contributed by atoms with Crippen molar-refractivity contribution in [3.8, 4) is 0 Å². The molecule has 0 spiro atoms. The number of sulfone groups is 1. The summed E-state index contributed by atoms with van der Waals surface area (Å²) in [7, 11) is -4.79. The minimum absolute atomic E-state index is 0.00108. The van der Waals surface area contributed by atoms with Crippen LogP contribution in [-0.2, 0) is 26.4 Å². The van der Waals surface area contributed by atoms with Crippen LogP contribution in [0.2, 0.25) is 0 Å². The van der Waals surface area contributed by atoms with Crippen molar-refractivity contribution in [3.63, 3.8) is 0 Å². The fraction of sp³-hybridized carbons (Fsp3) is 0.235. The van der Waals surface area contributed by atoms with Crippen molar-refractivity contribution < 1.29 is 26.6 Å². The second-order valence-electron chi connectivity index (χ2n) is 6.32. The average molecular weight is 441 g/mol. The third kappa shape index (κ3) is 5.16. The van der Waals surface area contributed by atoms with E-state index < -0.39 is 36.4 Å². The van der Waals surface area contributed by atoms with Gasteiger partial charge in [-0.15, -0.1) is 0 Å². The van der Waals surface area contributed by atoms with E-state index in [2.05, 4.69) is 5.32 Å². The third-order valence-electron chi connectivity index (χ3n) is 3.96. The molecule has 0 fully saturated rings. The van der Waals surface area contributed by atoms with Gasteiger partial charge in [-0.2, -0.15) is 0 Å². The van der Waals surface area contributed by atoms with Gasteiger partial charge >= 0.3 is 0 Å². The summed E-state index contributed by atoms with van der Waals surface area (Å²) in [5.74, 6) is -0.782. The lowest BCUT2D eigenvalue weighted by atomic mass is 10.1. The zero-order valence-electron chi connectivity index (χ0n) is 15.8. The zero-order valence-corrected chi connectivity index (χ0v) is 17.5. The minimum Gasteiger partial charge on any atom is -0.348 e. The van der Waals surface area contributed by atoms with Crippen LogP contribution in [0.5, 0.6) is 0 Å². The van der Waals surface area contributed by atoms with Crippen molar-refractivity contribution in [3.05, 3.63) is 63.7 Å². The molecule has 2 rings (SSSR count). The van der Waals surface area contributed by atoms with Crippen molar-refractivity contribution >= 4 is 31.5 Å². The maximum atomic E-state index is 12.5. The van der Waals surface area contributed by atoms with E-state index in [1.54, 1.807) is 12.1 Å². The van der Waals surface area contributed by atoms with E-state index in [1.807, 2.05) is 0 Å². The summed E-state index contributed by atoms with van der Waals surface area (Å²) in [6.45, 7) is -0.182. The highest BCUT2D eigenvalue weighted by Crippen LogP contribution is 2.22. The first-order valence-corrected chi connectivity index (χ1v) is 11.5. The third-order valence-corrected chi connectivity index (χ3v) is 6.97. The summed E-state index contributed by atoms with van der Waals surface area (Å²) >= 11 is 0. The van der Waals surface area contributed by atoms with E-state index in [0.29, 0.717) is 5.56 Å². The summed E-state index contributed by atoms with van der Waals surface area (Å²) in [6.07, 6.45) is 0.871. The molecular weight excluding hydrogens is 422 g/mol. The van der Waals surface area contributed by atoms with Gasteiger partial charge in [-0.3, -0.25) is 14.9 Å². The van der Waals surface area contributed by atoms with Crippen molar-refractivity contribution in [2.45, 2.75) is 16.3 Å². The van der Waals surface area contributed by atoms with Crippen LogP contribution >= 0.6 is 0 Å². The molecule has 0 heterocycles. The molecule has 0 atom stereocenters. The number of nitrogens with zero attached hydrogens (tertiary/aromatic N) is 2. The summed E-state index contributed by atoms with van der Waals surface area (Å²) < 4.78 is 49.4. The highest BCUT2D eigenvalue weighted by atomic mass is 32.2. The zero-order chi connectivity index (χ0) is 22.0. The van der Waals surface area contributed by atoms with E-state index in [0.717, 1.165) is 28.8 Å². The number of rotatable bonds is 7. The maximum absolute atomic E-state index is 12.5. The molecule has 0 radical (unpaired) electrons. The number of nitro benzene ring substituents is 1. The Kier molecular flexibility index (Phi) is 6.40. The van der Waals surface area contributed by atoms with Gasteiger partial charge in [-0.05, 0) is 17.7 Å². The Bertz CT molecular complexity index is 1170. The van der Waals surface area contributed by atoms with Crippen LogP contribution in [0.15, 0.2) is 52.3 Å². The number of nitro groups is 1. The van der Waals surface area contributed by atoms with Crippen molar-refractivity contribution in [1.29, 1.82) is 0 Å². The molecule has 0 saturated carbocycles. The van der Waals surface area contributed by atoms with Gasteiger partial charge in [0.05, 0.1) is 14.7 Å². The lowest BCUT2D eigenvalue weighted by Gasteiger charge is -2.15. The van der Waals surface area contributed by atoms with Gasteiger partial charge in [0.25, 0.3) is 11.6 Å². The molecule has 0 aliphatic heterocycles. The van der Waals surface area contributed by atoms with Gasteiger partial charge in [0.15, 0.2) is 9.84 Å². The second kappa shape index (κ2) is 8.27. The Labute approximate surface area is 168 Å². The summed E-state index contributed by atoms with van der Waals surface area (Å²) in [5.41, 5.74) is -0.468. The molecule has 12 heteroatoms. The van der Waals surface area contributed by atoms with E-state index in [-0.39, 0.29) is 21.9 Å². The quantitative estimate of drug-likeness (QED) is 0.502. The normalized spacial score (nSPS) is 12.0. The van der Waals surface area contributed by atoms with Gasteiger partial charge in [-0.25, -0.2) is 21.1 Å². The predicted molar refractivity (Wildman–Crippen MR) is 105 cm³/mol. The fourth-order valence-corrected chi connectivity index (χ4v) is 4.20. The van der Waals surface area contributed by atoms with Crippen molar-refractivity contribution in [2.75, 3.05) is 20.4 Å². The van der Waals surface area contributed by atoms with Crippen LogP contribution in [0.1, 0.15) is 15.9 Å². The SMILES string of the molecule is CN(C)S(=O)(=O)c1ccccc1CNC(=O)c1cc([N+](=O)[O-])cc(S(C)(=O)=O)c1. The van der Waals surface area contributed by atoms with E-state index in [1.165, 1.54) is 26.2 Å². The summed E-state index contributed by atoms with van der Waals surface area (Å²) in [6, 6.07) is 8.90. The molecular formula is C17H19N3O7S2.